The van der Waals surface area contributed by atoms with Crippen molar-refractivity contribution in [2.45, 2.75) is 19.3 Å². The lowest BCUT2D eigenvalue weighted by atomic mass is 9.86. The monoisotopic (exact) mass is 439 g/mol. The molecule has 0 saturated heterocycles. The first-order chi connectivity index (χ1) is 16.8. The third-order valence-corrected chi connectivity index (χ3v) is 6.34. The average Bonchev–Trinajstić information content (AvgIpc) is 2.91. The summed E-state index contributed by atoms with van der Waals surface area (Å²) in [5, 5.41) is 0. The first-order valence-corrected chi connectivity index (χ1v) is 11.9. The summed E-state index contributed by atoms with van der Waals surface area (Å²) in [6.07, 6.45) is 0.962. The van der Waals surface area contributed by atoms with Crippen LogP contribution in [0.3, 0.4) is 0 Å². The first-order valence-electron chi connectivity index (χ1n) is 11.9. The van der Waals surface area contributed by atoms with E-state index in [2.05, 4.69) is 151 Å². The van der Waals surface area contributed by atoms with E-state index >= 15 is 0 Å². The minimum atomic E-state index is 0.329. The van der Waals surface area contributed by atoms with E-state index in [9.17, 15) is 0 Å². The molecule has 0 bridgehead atoms. The van der Waals surface area contributed by atoms with Crippen LogP contribution in [0.25, 0.3) is 0 Å². The van der Waals surface area contributed by atoms with Gasteiger partial charge in [0, 0.05) is 23.0 Å². The van der Waals surface area contributed by atoms with Gasteiger partial charge in [0.2, 0.25) is 0 Å². The molecule has 0 unspecified atom stereocenters. The van der Waals surface area contributed by atoms with Crippen molar-refractivity contribution in [3.63, 3.8) is 0 Å². The lowest BCUT2D eigenvalue weighted by Gasteiger charge is -2.26. The minimum absolute atomic E-state index is 0.329. The third kappa shape index (κ3) is 4.94. The van der Waals surface area contributed by atoms with Gasteiger partial charge in [0.25, 0.3) is 0 Å². The highest BCUT2D eigenvalue weighted by Gasteiger charge is 2.16. The van der Waals surface area contributed by atoms with E-state index in [0.29, 0.717) is 5.92 Å². The van der Waals surface area contributed by atoms with Gasteiger partial charge in [-0.1, -0.05) is 109 Å². The Kier molecular flexibility index (Phi) is 6.54. The molecule has 0 heterocycles. The molecule has 0 radical (unpaired) electrons. The Morgan fingerprint density at radius 1 is 0.471 bits per heavy atom. The highest BCUT2D eigenvalue weighted by atomic mass is 15.1. The van der Waals surface area contributed by atoms with Gasteiger partial charge in [-0.05, 0) is 66.4 Å². The molecule has 1 nitrogen and oxygen atoms in total. The molecule has 0 fully saturated rings. The van der Waals surface area contributed by atoms with Crippen LogP contribution < -0.4 is 4.90 Å². The van der Waals surface area contributed by atoms with Gasteiger partial charge < -0.3 is 4.90 Å². The van der Waals surface area contributed by atoms with E-state index in [-0.39, 0.29) is 0 Å². The van der Waals surface area contributed by atoms with Crippen LogP contribution in [0.4, 0.5) is 17.1 Å². The average molecular weight is 440 g/mol. The van der Waals surface area contributed by atoms with Crippen LogP contribution in [-0.4, -0.2) is 0 Å². The molecule has 0 atom stereocenters. The Balaban J connectivity index is 1.47. The van der Waals surface area contributed by atoms with Gasteiger partial charge in [0.15, 0.2) is 0 Å². The molecule has 166 valence electrons. The van der Waals surface area contributed by atoms with Crippen molar-refractivity contribution in [1.29, 1.82) is 0 Å². The normalized spacial score (nSPS) is 10.9. The summed E-state index contributed by atoms with van der Waals surface area (Å²) < 4.78 is 0. The number of rotatable bonds is 7. The molecule has 0 aromatic heterocycles. The number of aryl methyl sites for hydroxylation is 1. The van der Waals surface area contributed by atoms with Crippen molar-refractivity contribution in [1.82, 2.24) is 0 Å². The Morgan fingerprint density at radius 2 is 0.882 bits per heavy atom. The third-order valence-electron chi connectivity index (χ3n) is 6.34. The molecule has 0 spiro atoms. The summed E-state index contributed by atoms with van der Waals surface area (Å²) in [5.74, 6) is 0.329. The topological polar surface area (TPSA) is 3.24 Å². The molecule has 34 heavy (non-hydrogen) atoms. The maximum Gasteiger partial charge on any atom is 0.0461 e. The van der Waals surface area contributed by atoms with Gasteiger partial charge in [0.1, 0.15) is 0 Å². The van der Waals surface area contributed by atoms with Gasteiger partial charge in [0.05, 0.1) is 0 Å². The van der Waals surface area contributed by atoms with Gasteiger partial charge in [-0.2, -0.15) is 0 Å². The Hall–Kier alpha value is -4.10. The molecular weight excluding hydrogens is 410 g/mol. The molecule has 0 aliphatic heterocycles. The quantitative estimate of drug-likeness (QED) is 0.245. The van der Waals surface area contributed by atoms with Crippen LogP contribution in [0.15, 0.2) is 140 Å². The van der Waals surface area contributed by atoms with E-state index in [4.69, 9.17) is 0 Å². The van der Waals surface area contributed by atoms with Crippen molar-refractivity contribution in [3.05, 3.63) is 162 Å². The molecule has 5 aromatic carbocycles. The second-order valence-electron chi connectivity index (χ2n) is 8.75. The van der Waals surface area contributed by atoms with Crippen LogP contribution in [0.1, 0.15) is 28.2 Å². The molecular formula is C33H29N. The summed E-state index contributed by atoms with van der Waals surface area (Å²) in [4.78, 5) is 2.31. The highest BCUT2D eigenvalue weighted by Crippen LogP contribution is 2.35. The van der Waals surface area contributed by atoms with Crippen molar-refractivity contribution in [2.75, 3.05) is 4.90 Å². The molecule has 0 aliphatic rings. The van der Waals surface area contributed by atoms with Crippen LogP contribution in [0.2, 0.25) is 0 Å². The summed E-state index contributed by atoms with van der Waals surface area (Å²) >= 11 is 0. The second kappa shape index (κ2) is 10.2. The van der Waals surface area contributed by atoms with Crippen molar-refractivity contribution in [3.8, 4) is 0 Å². The first kappa shape index (κ1) is 21.7. The molecule has 0 saturated carbocycles. The summed E-state index contributed by atoms with van der Waals surface area (Å²) in [7, 11) is 0. The number of nitrogens with zero attached hydrogens (tertiary/aromatic N) is 1. The van der Waals surface area contributed by atoms with Crippen LogP contribution in [-0.2, 0) is 6.42 Å². The Bertz CT molecular complexity index is 1250. The second-order valence-corrected chi connectivity index (χ2v) is 8.75. The number of hydrogen-bond donors (Lipinski definition) is 0. The summed E-state index contributed by atoms with van der Waals surface area (Å²) in [6.45, 7) is 2.13. The van der Waals surface area contributed by atoms with E-state index in [1.54, 1.807) is 0 Å². The van der Waals surface area contributed by atoms with Crippen molar-refractivity contribution >= 4 is 17.1 Å². The molecule has 0 N–H and O–H groups in total. The Labute approximate surface area is 203 Å². The largest absolute Gasteiger partial charge is 0.311 e. The predicted octanol–water partition coefficient (Wildman–Crippen LogP) is 8.84. The molecule has 5 rings (SSSR count). The number of hydrogen-bond acceptors (Lipinski definition) is 1. The zero-order chi connectivity index (χ0) is 23.2. The smallest absolute Gasteiger partial charge is 0.0461 e. The Morgan fingerprint density at radius 3 is 1.38 bits per heavy atom. The van der Waals surface area contributed by atoms with Crippen molar-refractivity contribution < 1.29 is 0 Å². The highest BCUT2D eigenvalue weighted by molar-refractivity contribution is 5.76. The van der Waals surface area contributed by atoms with E-state index in [1.165, 1.54) is 22.3 Å². The van der Waals surface area contributed by atoms with Gasteiger partial charge in [-0.25, -0.2) is 0 Å². The SMILES string of the molecule is Cc1ccc(N(c2ccccc2)c2ccc(CC(c3ccccc3)c3ccccc3)cc2)cc1. The molecule has 0 amide bonds. The van der Waals surface area contributed by atoms with E-state index in [0.717, 1.165) is 23.5 Å². The fourth-order valence-corrected chi connectivity index (χ4v) is 4.53. The zero-order valence-electron chi connectivity index (χ0n) is 19.5. The van der Waals surface area contributed by atoms with Gasteiger partial charge in [-0.3, -0.25) is 0 Å². The number of anilines is 3. The predicted molar refractivity (Wildman–Crippen MR) is 144 cm³/mol. The fourth-order valence-electron chi connectivity index (χ4n) is 4.53. The van der Waals surface area contributed by atoms with E-state index in [1.807, 2.05) is 0 Å². The lowest BCUT2D eigenvalue weighted by Crippen LogP contribution is -2.10. The van der Waals surface area contributed by atoms with Crippen LogP contribution in [0, 0.1) is 6.92 Å². The number of benzene rings is 5. The summed E-state index contributed by atoms with van der Waals surface area (Å²) in [6, 6.07) is 50.0. The lowest BCUT2D eigenvalue weighted by molar-refractivity contribution is 0.805. The molecule has 0 aliphatic carbocycles. The van der Waals surface area contributed by atoms with Gasteiger partial charge >= 0.3 is 0 Å². The zero-order valence-corrected chi connectivity index (χ0v) is 19.5. The van der Waals surface area contributed by atoms with Crippen LogP contribution in [0.5, 0.6) is 0 Å². The summed E-state index contributed by atoms with van der Waals surface area (Å²) in [5.41, 5.74) is 8.78. The maximum absolute atomic E-state index is 2.31. The standard InChI is InChI=1S/C33H29N/c1-26-17-21-31(22-18-26)34(30-15-9-4-10-16-30)32-23-19-27(20-24-32)25-33(28-11-5-2-6-12-28)29-13-7-3-8-14-29/h2-24,33H,25H2,1H3. The van der Waals surface area contributed by atoms with E-state index < -0.39 is 0 Å². The number of para-hydroxylation sites is 1. The van der Waals surface area contributed by atoms with Gasteiger partial charge in [-0.15, -0.1) is 0 Å². The molecule has 5 aromatic rings. The maximum atomic E-state index is 2.31. The fraction of sp³-hybridized carbons (Fsp3) is 0.0909. The minimum Gasteiger partial charge on any atom is -0.311 e. The van der Waals surface area contributed by atoms with Crippen molar-refractivity contribution in [2.24, 2.45) is 0 Å². The van der Waals surface area contributed by atoms with Crippen LogP contribution >= 0.6 is 0 Å². The molecule has 1 heteroatoms.